The second-order valence-corrected chi connectivity index (χ2v) is 3.79. The monoisotopic (exact) mass is 246 g/mol. The third-order valence-corrected chi connectivity index (χ3v) is 2.36. The minimum atomic E-state index is -0.206. The number of nitrogens with two attached hydrogens (primary N) is 1. The molecule has 94 valence electrons. The van der Waals surface area contributed by atoms with Crippen molar-refractivity contribution in [3.63, 3.8) is 0 Å². The van der Waals surface area contributed by atoms with Crippen molar-refractivity contribution in [2.75, 3.05) is 0 Å². The van der Waals surface area contributed by atoms with E-state index in [1.54, 1.807) is 31.5 Å². The maximum Gasteiger partial charge on any atom is 0.251 e. The molecule has 6 nitrogen and oxygen atoms in total. The van der Waals surface area contributed by atoms with Gasteiger partial charge in [0.1, 0.15) is 5.76 Å². The van der Waals surface area contributed by atoms with Crippen molar-refractivity contribution >= 4 is 5.91 Å². The van der Waals surface area contributed by atoms with Gasteiger partial charge >= 0.3 is 0 Å². The predicted molar refractivity (Wildman–Crippen MR) is 64.5 cm³/mol. The Kier molecular flexibility index (Phi) is 3.69. The highest BCUT2D eigenvalue weighted by Gasteiger charge is 2.08. The molecule has 1 amide bonds. The van der Waals surface area contributed by atoms with Crippen molar-refractivity contribution in [2.45, 2.75) is 20.0 Å². The van der Waals surface area contributed by atoms with E-state index in [1.807, 2.05) is 0 Å². The maximum absolute atomic E-state index is 11.8. The minimum absolute atomic E-state index is 0.206. The van der Waals surface area contributed by atoms with Crippen LogP contribution in [0.3, 0.4) is 0 Å². The molecule has 2 aromatic rings. The van der Waals surface area contributed by atoms with Gasteiger partial charge in [-0.3, -0.25) is 9.78 Å². The number of rotatable bonds is 4. The maximum atomic E-state index is 11.8. The SMILES string of the molecule is Cc1cnc(CNC(=O)c2ccnc(CN)c2)o1. The van der Waals surface area contributed by atoms with Crippen LogP contribution in [-0.4, -0.2) is 15.9 Å². The number of aryl methyl sites for hydroxylation is 1. The van der Waals surface area contributed by atoms with Gasteiger partial charge in [0.05, 0.1) is 18.4 Å². The van der Waals surface area contributed by atoms with Gasteiger partial charge in [0.25, 0.3) is 5.91 Å². The standard InChI is InChI=1S/C12H14N4O2/c1-8-6-15-11(18-8)7-16-12(17)9-2-3-14-10(4-9)5-13/h2-4,6H,5,7,13H2,1H3,(H,16,17). The fourth-order valence-electron chi connectivity index (χ4n) is 1.47. The molecule has 0 fully saturated rings. The van der Waals surface area contributed by atoms with Crippen LogP contribution in [0.2, 0.25) is 0 Å². The summed E-state index contributed by atoms with van der Waals surface area (Å²) in [6.07, 6.45) is 3.17. The molecule has 0 bridgehead atoms. The normalized spacial score (nSPS) is 10.3. The number of nitrogens with one attached hydrogen (secondary N) is 1. The summed E-state index contributed by atoms with van der Waals surface area (Å²) in [5, 5.41) is 2.72. The van der Waals surface area contributed by atoms with Crippen molar-refractivity contribution in [3.05, 3.63) is 47.4 Å². The summed E-state index contributed by atoms with van der Waals surface area (Å²) in [6, 6.07) is 3.30. The van der Waals surface area contributed by atoms with E-state index in [2.05, 4.69) is 15.3 Å². The summed E-state index contributed by atoms with van der Waals surface area (Å²) in [5.41, 5.74) is 6.66. The van der Waals surface area contributed by atoms with Gasteiger partial charge < -0.3 is 15.5 Å². The Labute approximate surface area is 104 Å². The number of hydrogen-bond donors (Lipinski definition) is 2. The molecule has 0 unspecified atom stereocenters. The summed E-state index contributed by atoms with van der Waals surface area (Å²) < 4.78 is 5.26. The van der Waals surface area contributed by atoms with Crippen LogP contribution in [0.15, 0.2) is 28.9 Å². The number of carbonyl (C=O) groups excluding carboxylic acids is 1. The number of oxazole rings is 1. The van der Waals surface area contributed by atoms with Gasteiger partial charge in [-0.2, -0.15) is 0 Å². The lowest BCUT2D eigenvalue weighted by molar-refractivity contribution is 0.0947. The van der Waals surface area contributed by atoms with Gasteiger partial charge in [0.15, 0.2) is 0 Å². The highest BCUT2D eigenvalue weighted by molar-refractivity contribution is 5.94. The summed E-state index contributed by atoms with van der Waals surface area (Å²) in [6.45, 7) is 2.36. The van der Waals surface area contributed by atoms with Crippen LogP contribution in [0.5, 0.6) is 0 Å². The van der Waals surface area contributed by atoms with Crippen LogP contribution in [0.4, 0.5) is 0 Å². The first-order valence-electron chi connectivity index (χ1n) is 5.53. The van der Waals surface area contributed by atoms with Gasteiger partial charge in [-0.25, -0.2) is 4.98 Å². The molecule has 0 radical (unpaired) electrons. The number of pyridine rings is 1. The molecule has 6 heteroatoms. The smallest absolute Gasteiger partial charge is 0.251 e. The Balaban J connectivity index is 1.99. The number of carbonyl (C=O) groups is 1. The molecule has 3 N–H and O–H groups in total. The van der Waals surface area contributed by atoms with E-state index in [1.165, 1.54) is 0 Å². The first-order valence-corrected chi connectivity index (χ1v) is 5.53. The zero-order valence-electron chi connectivity index (χ0n) is 10.0. The van der Waals surface area contributed by atoms with E-state index in [-0.39, 0.29) is 12.5 Å². The van der Waals surface area contributed by atoms with Gasteiger partial charge in [-0.1, -0.05) is 0 Å². The number of nitrogens with zero attached hydrogens (tertiary/aromatic N) is 2. The molecule has 0 aliphatic carbocycles. The highest BCUT2D eigenvalue weighted by atomic mass is 16.4. The Morgan fingerprint density at radius 3 is 3.00 bits per heavy atom. The largest absolute Gasteiger partial charge is 0.444 e. The third-order valence-electron chi connectivity index (χ3n) is 2.36. The van der Waals surface area contributed by atoms with E-state index in [4.69, 9.17) is 10.2 Å². The molecule has 0 spiro atoms. The zero-order valence-corrected chi connectivity index (χ0v) is 10.0. The van der Waals surface area contributed by atoms with Crippen LogP contribution >= 0.6 is 0 Å². The summed E-state index contributed by atoms with van der Waals surface area (Å²) in [5.74, 6) is 0.991. The van der Waals surface area contributed by atoms with E-state index in [0.29, 0.717) is 29.5 Å². The van der Waals surface area contributed by atoms with E-state index < -0.39 is 0 Å². The van der Waals surface area contributed by atoms with E-state index >= 15 is 0 Å². The Morgan fingerprint density at radius 2 is 2.33 bits per heavy atom. The van der Waals surface area contributed by atoms with Crippen molar-refractivity contribution in [3.8, 4) is 0 Å². The zero-order chi connectivity index (χ0) is 13.0. The first-order chi connectivity index (χ1) is 8.69. The second kappa shape index (κ2) is 5.42. The van der Waals surface area contributed by atoms with Crippen LogP contribution in [0.1, 0.15) is 27.7 Å². The Morgan fingerprint density at radius 1 is 1.50 bits per heavy atom. The fourth-order valence-corrected chi connectivity index (χ4v) is 1.47. The number of amides is 1. The van der Waals surface area contributed by atoms with Crippen LogP contribution < -0.4 is 11.1 Å². The summed E-state index contributed by atoms with van der Waals surface area (Å²) in [4.78, 5) is 19.9. The molecule has 0 atom stereocenters. The highest BCUT2D eigenvalue weighted by Crippen LogP contribution is 2.04. The molecule has 0 aliphatic rings. The molecule has 2 aromatic heterocycles. The Bertz CT molecular complexity index is 551. The lowest BCUT2D eigenvalue weighted by atomic mass is 10.2. The fraction of sp³-hybridized carbons (Fsp3) is 0.250. The average molecular weight is 246 g/mol. The second-order valence-electron chi connectivity index (χ2n) is 3.79. The number of hydrogen-bond acceptors (Lipinski definition) is 5. The molecule has 0 saturated carbocycles. The summed E-state index contributed by atoms with van der Waals surface area (Å²) >= 11 is 0. The summed E-state index contributed by atoms with van der Waals surface area (Å²) in [7, 11) is 0. The van der Waals surface area contributed by atoms with Gasteiger partial charge in [0, 0.05) is 18.3 Å². The number of aromatic nitrogens is 2. The van der Waals surface area contributed by atoms with Crippen molar-refractivity contribution in [2.24, 2.45) is 5.73 Å². The Hall–Kier alpha value is -2.21. The van der Waals surface area contributed by atoms with Gasteiger partial charge in [-0.05, 0) is 19.1 Å². The van der Waals surface area contributed by atoms with Crippen LogP contribution in [0, 0.1) is 6.92 Å². The lowest BCUT2D eigenvalue weighted by Gasteiger charge is -2.03. The molecule has 0 saturated heterocycles. The van der Waals surface area contributed by atoms with Gasteiger partial charge in [-0.15, -0.1) is 0 Å². The quantitative estimate of drug-likeness (QED) is 0.830. The van der Waals surface area contributed by atoms with Gasteiger partial charge in [0.2, 0.25) is 5.89 Å². The molecule has 2 rings (SSSR count). The van der Waals surface area contributed by atoms with Crippen molar-refractivity contribution < 1.29 is 9.21 Å². The predicted octanol–water partition coefficient (Wildman–Crippen LogP) is 0.767. The van der Waals surface area contributed by atoms with Crippen LogP contribution in [-0.2, 0) is 13.1 Å². The van der Waals surface area contributed by atoms with Crippen molar-refractivity contribution in [1.82, 2.24) is 15.3 Å². The molecule has 18 heavy (non-hydrogen) atoms. The lowest BCUT2D eigenvalue weighted by Crippen LogP contribution is -2.23. The van der Waals surface area contributed by atoms with Crippen molar-refractivity contribution in [1.29, 1.82) is 0 Å². The van der Waals surface area contributed by atoms with E-state index in [0.717, 1.165) is 0 Å². The average Bonchev–Trinajstić information content (AvgIpc) is 2.82. The molecule has 0 aromatic carbocycles. The first kappa shape index (κ1) is 12.3. The molecule has 2 heterocycles. The topological polar surface area (TPSA) is 94.0 Å². The molecular formula is C12H14N4O2. The van der Waals surface area contributed by atoms with E-state index in [9.17, 15) is 4.79 Å². The third kappa shape index (κ3) is 2.92. The molecular weight excluding hydrogens is 232 g/mol. The minimum Gasteiger partial charge on any atom is -0.444 e. The molecule has 0 aliphatic heterocycles. The van der Waals surface area contributed by atoms with Crippen LogP contribution in [0.25, 0.3) is 0 Å².